The number of nitrogens with zero attached hydrogens (tertiary/aromatic N) is 1. The molecule has 5 heteroatoms. The van der Waals surface area contributed by atoms with Gasteiger partial charge in [0.05, 0.1) is 19.0 Å². The smallest absolute Gasteiger partial charge is 0.234 e. The number of thiophene rings is 1. The van der Waals surface area contributed by atoms with Crippen molar-refractivity contribution < 1.29 is 4.79 Å². The molecule has 1 atom stereocenters. The van der Waals surface area contributed by atoms with Gasteiger partial charge in [-0.05, 0) is 36.3 Å². The molecule has 0 bridgehead atoms. The van der Waals surface area contributed by atoms with E-state index < -0.39 is 0 Å². The number of hydrogen-bond acceptors (Lipinski definition) is 4. The fourth-order valence-electron chi connectivity index (χ4n) is 2.23. The molecule has 1 aromatic rings. The Morgan fingerprint density at radius 1 is 1.61 bits per heavy atom. The maximum Gasteiger partial charge on any atom is 0.234 e. The summed E-state index contributed by atoms with van der Waals surface area (Å²) < 4.78 is 0. The van der Waals surface area contributed by atoms with Crippen molar-refractivity contribution >= 4 is 17.2 Å². The molecule has 0 radical (unpaired) electrons. The molecule has 1 unspecified atom stereocenters. The molecule has 1 heterocycles. The van der Waals surface area contributed by atoms with Gasteiger partial charge in [-0.15, -0.1) is 11.3 Å². The number of fused-ring (bicyclic) bond motifs is 1. The molecule has 2 rings (SSSR count). The summed E-state index contributed by atoms with van der Waals surface area (Å²) in [4.78, 5) is 13.0. The van der Waals surface area contributed by atoms with Gasteiger partial charge in [0.2, 0.25) is 5.91 Å². The molecule has 2 N–H and O–H groups in total. The zero-order valence-electron chi connectivity index (χ0n) is 10.2. The molecule has 1 aliphatic carbocycles. The molecule has 1 aromatic heterocycles. The highest BCUT2D eigenvalue weighted by molar-refractivity contribution is 7.10. The molecule has 1 aliphatic rings. The highest BCUT2D eigenvalue weighted by atomic mass is 32.1. The first-order chi connectivity index (χ1) is 8.81. The van der Waals surface area contributed by atoms with Crippen LogP contribution in [0.25, 0.3) is 0 Å². The van der Waals surface area contributed by atoms with E-state index in [4.69, 9.17) is 5.26 Å². The monoisotopic (exact) mass is 263 g/mol. The first-order valence-corrected chi connectivity index (χ1v) is 7.12. The number of nitriles is 1. The molecule has 96 valence electrons. The molecule has 18 heavy (non-hydrogen) atoms. The second-order valence-corrected chi connectivity index (χ2v) is 5.38. The third kappa shape index (κ3) is 3.31. The Balaban J connectivity index is 1.78. The zero-order valence-corrected chi connectivity index (χ0v) is 11.1. The SMILES string of the molecule is N#CCCNC(=O)CNC1CCCc2sccc21. The van der Waals surface area contributed by atoms with Crippen LogP contribution >= 0.6 is 11.3 Å². The largest absolute Gasteiger partial charge is 0.354 e. The second-order valence-electron chi connectivity index (χ2n) is 4.38. The normalized spacial score (nSPS) is 17.8. The Bertz CT molecular complexity index is 449. The predicted octanol–water partition coefficient (Wildman–Crippen LogP) is 1.74. The van der Waals surface area contributed by atoms with Gasteiger partial charge in [0.15, 0.2) is 0 Å². The van der Waals surface area contributed by atoms with E-state index >= 15 is 0 Å². The van der Waals surface area contributed by atoms with Gasteiger partial charge in [-0.3, -0.25) is 4.79 Å². The van der Waals surface area contributed by atoms with Gasteiger partial charge in [0.25, 0.3) is 0 Å². The van der Waals surface area contributed by atoms with Gasteiger partial charge in [-0.25, -0.2) is 0 Å². The van der Waals surface area contributed by atoms with E-state index in [1.807, 2.05) is 6.07 Å². The molecule has 0 aliphatic heterocycles. The van der Waals surface area contributed by atoms with Crippen molar-refractivity contribution in [2.75, 3.05) is 13.1 Å². The summed E-state index contributed by atoms with van der Waals surface area (Å²) in [6, 6.07) is 4.47. The first-order valence-electron chi connectivity index (χ1n) is 6.24. The fraction of sp³-hybridized carbons (Fsp3) is 0.538. The third-order valence-electron chi connectivity index (χ3n) is 3.12. The minimum Gasteiger partial charge on any atom is -0.354 e. The lowest BCUT2D eigenvalue weighted by Crippen LogP contribution is -2.36. The van der Waals surface area contributed by atoms with Crippen molar-refractivity contribution in [3.63, 3.8) is 0 Å². The quantitative estimate of drug-likeness (QED) is 0.795. The Morgan fingerprint density at radius 3 is 3.33 bits per heavy atom. The fourth-order valence-corrected chi connectivity index (χ4v) is 3.22. The van der Waals surface area contributed by atoms with Crippen molar-refractivity contribution in [2.24, 2.45) is 0 Å². The highest BCUT2D eigenvalue weighted by Crippen LogP contribution is 2.32. The molecule has 0 spiro atoms. The molecule has 1 amide bonds. The lowest BCUT2D eigenvalue weighted by atomic mass is 9.94. The minimum absolute atomic E-state index is 0.0346. The summed E-state index contributed by atoms with van der Waals surface area (Å²) in [6.07, 6.45) is 3.81. The van der Waals surface area contributed by atoms with Gasteiger partial charge in [-0.2, -0.15) is 5.26 Å². The summed E-state index contributed by atoms with van der Waals surface area (Å²) in [5, 5.41) is 16.5. The van der Waals surface area contributed by atoms with Crippen molar-refractivity contribution in [3.8, 4) is 6.07 Å². The Morgan fingerprint density at radius 2 is 2.50 bits per heavy atom. The summed E-state index contributed by atoms with van der Waals surface area (Å²) >= 11 is 1.80. The third-order valence-corrected chi connectivity index (χ3v) is 4.12. The van der Waals surface area contributed by atoms with Gasteiger partial charge in [0.1, 0.15) is 0 Å². The van der Waals surface area contributed by atoms with E-state index in [0.29, 0.717) is 25.6 Å². The average Bonchev–Trinajstić information content (AvgIpc) is 2.85. The predicted molar refractivity (Wildman–Crippen MR) is 71.2 cm³/mol. The number of rotatable bonds is 5. The van der Waals surface area contributed by atoms with Crippen LogP contribution in [-0.4, -0.2) is 19.0 Å². The molecular weight excluding hydrogens is 246 g/mol. The van der Waals surface area contributed by atoms with Crippen LogP contribution in [0.5, 0.6) is 0 Å². The molecule has 0 saturated carbocycles. The molecule has 0 saturated heterocycles. The van der Waals surface area contributed by atoms with Crippen LogP contribution < -0.4 is 10.6 Å². The summed E-state index contributed by atoms with van der Waals surface area (Å²) in [5.74, 6) is -0.0346. The zero-order chi connectivity index (χ0) is 12.8. The Labute approximate surface area is 111 Å². The second kappa shape index (κ2) is 6.53. The van der Waals surface area contributed by atoms with Gasteiger partial charge >= 0.3 is 0 Å². The van der Waals surface area contributed by atoms with Crippen LogP contribution in [-0.2, 0) is 11.2 Å². The van der Waals surface area contributed by atoms with Crippen LogP contribution in [0.15, 0.2) is 11.4 Å². The van der Waals surface area contributed by atoms with E-state index in [0.717, 1.165) is 6.42 Å². The summed E-state index contributed by atoms with van der Waals surface area (Å²) in [5.41, 5.74) is 1.36. The Kier molecular flexibility index (Phi) is 4.73. The number of carbonyl (C=O) groups excluding carboxylic acids is 1. The first kappa shape index (κ1) is 13.1. The highest BCUT2D eigenvalue weighted by Gasteiger charge is 2.21. The topological polar surface area (TPSA) is 64.9 Å². The molecular formula is C13H17N3OS. The van der Waals surface area contributed by atoms with Gasteiger partial charge < -0.3 is 10.6 Å². The van der Waals surface area contributed by atoms with E-state index in [-0.39, 0.29) is 5.91 Å². The number of amides is 1. The van der Waals surface area contributed by atoms with E-state index in [2.05, 4.69) is 22.1 Å². The molecule has 0 aromatic carbocycles. The lowest BCUT2D eigenvalue weighted by Gasteiger charge is -2.23. The van der Waals surface area contributed by atoms with Crippen LogP contribution in [0.4, 0.5) is 0 Å². The maximum atomic E-state index is 11.5. The van der Waals surface area contributed by atoms with E-state index in [1.54, 1.807) is 11.3 Å². The van der Waals surface area contributed by atoms with Crippen LogP contribution in [0.2, 0.25) is 0 Å². The van der Waals surface area contributed by atoms with Gasteiger partial charge in [0, 0.05) is 17.5 Å². The van der Waals surface area contributed by atoms with Crippen molar-refractivity contribution in [2.45, 2.75) is 31.7 Å². The number of aryl methyl sites for hydroxylation is 1. The average molecular weight is 263 g/mol. The summed E-state index contributed by atoms with van der Waals surface area (Å²) in [7, 11) is 0. The number of hydrogen-bond donors (Lipinski definition) is 2. The van der Waals surface area contributed by atoms with Crippen LogP contribution in [0.3, 0.4) is 0 Å². The van der Waals surface area contributed by atoms with E-state index in [1.165, 1.54) is 23.3 Å². The minimum atomic E-state index is -0.0346. The number of nitrogens with one attached hydrogen (secondary N) is 2. The van der Waals surface area contributed by atoms with Crippen molar-refractivity contribution in [1.29, 1.82) is 5.26 Å². The number of carbonyl (C=O) groups is 1. The van der Waals surface area contributed by atoms with Crippen LogP contribution in [0, 0.1) is 11.3 Å². The Hall–Kier alpha value is -1.38. The standard InChI is InChI=1S/C13H17N3OS/c14-6-2-7-15-13(17)9-16-11-3-1-4-12-10(11)5-8-18-12/h5,8,11,16H,1-4,7,9H2,(H,15,17). The van der Waals surface area contributed by atoms with E-state index in [9.17, 15) is 4.79 Å². The van der Waals surface area contributed by atoms with Crippen molar-refractivity contribution in [1.82, 2.24) is 10.6 Å². The van der Waals surface area contributed by atoms with Crippen molar-refractivity contribution in [3.05, 3.63) is 21.9 Å². The maximum absolute atomic E-state index is 11.5. The molecule has 0 fully saturated rings. The van der Waals surface area contributed by atoms with Gasteiger partial charge in [-0.1, -0.05) is 0 Å². The summed E-state index contributed by atoms with van der Waals surface area (Å²) in [6.45, 7) is 0.761. The lowest BCUT2D eigenvalue weighted by molar-refractivity contribution is -0.120. The molecule has 4 nitrogen and oxygen atoms in total. The van der Waals surface area contributed by atoms with Crippen LogP contribution in [0.1, 0.15) is 35.7 Å².